The van der Waals surface area contributed by atoms with Crippen LogP contribution in [0.3, 0.4) is 0 Å². The maximum absolute atomic E-state index is 14.8. The number of rotatable bonds is 2. The second kappa shape index (κ2) is 6.98. The first-order chi connectivity index (χ1) is 13.0. The van der Waals surface area contributed by atoms with Gasteiger partial charge in [-0.25, -0.2) is 9.38 Å². The van der Waals surface area contributed by atoms with Gasteiger partial charge in [-0.3, -0.25) is 4.99 Å². The molecule has 2 aliphatic rings. The minimum absolute atomic E-state index is 0.294. The van der Waals surface area contributed by atoms with Gasteiger partial charge in [0.1, 0.15) is 23.4 Å². The highest BCUT2D eigenvalue weighted by molar-refractivity contribution is 6.45. The number of nitrogens with zero attached hydrogens (tertiary/aromatic N) is 3. The van der Waals surface area contributed by atoms with Crippen LogP contribution in [0.2, 0.25) is 10.0 Å². The number of methoxy groups -OCH3 is 1. The van der Waals surface area contributed by atoms with Crippen LogP contribution in [0, 0.1) is 5.82 Å². The number of aliphatic imine (C=N–C) groups is 2. The summed E-state index contributed by atoms with van der Waals surface area (Å²) in [5, 5.41) is 0.713. The van der Waals surface area contributed by atoms with Crippen LogP contribution in [0.4, 0.5) is 10.1 Å². The first-order valence-electron chi connectivity index (χ1n) is 8.41. The van der Waals surface area contributed by atoms with Crippen molar-refractivity contribution in [3.8, 4) is 5.75 Å². The molecule has 2 aliphatic heterocycles. The zero-order valence-electron chi connectivity index (χ0n) is 14.7. The third-order valence-corrected chi connectivity index (χ3v) is 5.41. The van der Waals surface area contributed by atoms with Crippen molar-refractivity contribution in [1.29, 1.82) is 0 Å². The monoisotopic (exact) mass is 403 g/mol. The number of amidine groups is 1. The molecule has 0 aliphatic carbocycles. The van der Waals surface area contributed by atoms with Gasteiger partial charge in [-0.1, -0.05) is 23.2 Å². The molecule has 2 aromatic carbocycles. The second-order valence-corrected chi connectivity index (χ2v) is 7.02. The molecule has 1 unspecified atom stereocenters. The Labute approximate surface area is 166 Å². The van der Waals surface area contributed by atoms with Crippen molar-refractivity contribution in [2.45, 2.75) is 13.0 Å². The van der Waals surface area contributed by atoms with Crippen LogP contribution in [0.25, 0.3) is 0 Å². The number of halogens is 3. The van der Waals surface area contributed by atoms with Gasteiger partial charge < -0.3 is 9.64 Å². The van der Waals surface area contributed by atoms with Crippen LogP contribution in [0.5, 0.6) is 5.75 Å². The summed E-state index contributed by atoms with van der Waals surface area (Å²) in [7, 11) is 1.53. The zero-order chi connectivity index (χ0) is 19.1. The molecule has 0 N–H and O–H groups in total. The Balaban J connectivity index is 2.04. The Morgan fingerprint density at radius 2 is 2.04 bits per heavy atom. The number of anilines is 1. The van der Waals surface area contributed by atoms with E-state index in [4.69, 9.17) is 32.9 Å². The van der Waals surface area contributed by atoms with Crippen LogP contribution in [0.15, 0.2) is 52.6 Å². The van der Waals surface area contributed by atoms with Gasteiger partial charge in [-0.15, -0.1) is 0 Å². The minimum Gasteiger partial charge on any atom is -0.497 e. The molecule has 0 bridgehead atoms. The highest BCUT2D eigenvalue weighted by Gasteiger charge is 2.31. The van der Waals surface area contributed by atoms with Crippen LogP contribution in [-0.4, -0.2) is 31.2 Å². The molecule has 0 fully saturated rings. The molecule has 0 amide bonds. The van der Waals surface area contributed by atoms with Crippen LogP contribution >= 0.6 is 23.2 Å². The molecular weight excluding hydrogens is 388 g/mol. The number of hydrogen-bond donors (Lipinski definition) is 0. The molecule has 4 rings (SSSR count). The van der Waals surface area contributed by atoms with Crippen molar-refractivity contribution in [1.82, 2.24) is 0 Å². The predicted molar refractivity (Wildman–Crippen MR) is 108 cm³/mol. The largest absolute Gasteiger partial charge is 0.497 e. The highest BCUT2D eigenvalue weighted by Crippen LogP contribution is 2.39. The molecule has 0 aromatic heterocycles. The molecule has 0 radical (unpaired) electrons. The van der Waals surface area contributed by atoms with E-state index >= 15 is 0 Å². The normalized spacial score (nSPS) is 18.3. The summed E-state index contributed by atoms with van der Waals surface area (Å²) in [6.45, 7) is 2.54. The van der Waals surface area contributed by atoms with E-state index in [1.54, 1.807) is 24.4 Å². The summed E-state index contributed by atoms with van der Waals surface area (Å²) >= 11 is 12.9. The van der Waals surface area contributed by atoms with Crippen molar-refractivity contribution in [3.63, 3.8) is 0 Å². The fourth-order valence-electron chi connectivity index (χ4n) is 3.32. The van der Waals surface area contributed by atoms with E-state index in [1.165, 1.54) is 13.2 Å². The third kappa shape index (κ3) is 3.01. The van der Waals surface area contributed by atoms with Crippen molar-refractivity contribution in [3.05, 3.63) is 69.6 Å². The van der Waals surface area contributed by atoms with Crippen molar-refractivity contribution < 1.29 is 9.13 Å². The van der Waals surface area contributed by atoms with E-state index in [9.17, 15) is 4.39 Å². The number of fused-ring (bicyclic) bond motifs is 3. The summed E-state index contributed by atoms with van der Waals surface area (Å²) in [4.78, 5) is 11.3. The van der Waals surface area contributed by atoms with Gasteiger partial charge >= 0.3 is 0 Å². The van der Waals surface area contributed by atoms with Gasteiger partial charge in [0.15, 0.2) is 0 Å². The van der Waals surface area contributed by atoms with Gasteiger partial charge in [-0.05, 0) is 43.3 Å². The second-order valence-electron chi connectivity index (χ2n) is 6.24. The first kappa shape index (κ1) is 18.0. The minimum atomic E-state index is -0.413. The van der Waals surface area contributed by atoms with E-state index in [0.29, 0.717) is 39.2 Å². The number of ether oxygens (including phenoxy) is 1. The lowest BCUT2D eigenvalue weighted by atomic mass is 9.99. The molecule has 2 aromatic rings. The van der Waals surface area contributed by atoms with Gasteiger partial charge in [0.25, 0.3) is 0 Å². The lowest BCUT2D eigenvalue weighted by molar-refractivity contribution is 0.413. The number of hydrogen-bond acceptors (Lipinski definition) is 4. The summed E-state index contributed by atoms with van der Waals surface area (Å²) < 4.78 is 20.0. The average molecular weight is 404 g/mol. The topological polar surface area (TPSA) is 37.2 Å². The SMILES string of the molecule is COc1ccc(F)c(C2=NC(C)C3=NC=CCN3c3ccc(Cl)c(Cl)c32)c1. The predicted octanol–water partition coefficient (Wildman–Crippen LogP) is 5.11. The van der Waals surface area contributed by atoms with E-state index in [-0.39, 0.29) is 6.04 Å². The van der Waals surface area contributed by atoms with E-state index < -0.39 is 5.82 Å². The molecule has 138 valence electrons. The fraction of sp³-hybridized carbons (Fsp3) is 0.200. The maximum Gasteiger partial charge on any atom is 0.133 e. The first-order valence-corrected chi connectivity index (χ1v) is 9.17. The summed E-state index contributed by atoms with van der Waals surface area (Å²) in [5.41, 5.74) is 2.11. The van der Waals surface area contributed by atoms with Crippen molar-refractivity contribution in [2.24, 2.45) is 9.98 Å². The van der Waals surface area contributed by atoms with Gasteiger partial charge in [0, 0.05) is 23.9 Å². The van der Waals surface area contributed by atoms with E-state index in [0.717, 1.165) is 11.5 Å². The van der Waals surface area contributed by atoms with E-state index in [1.807, 2.05) is 24.0 Å². The lowest BCUT2D eigenvalue weighted by Crippen LogP contribution is -2.38. The Hall–Kier alpha value is -2.37. The quantitative estimate of drug-likeness (QED) is 0.698. The van der Waals surface area contributed by atoms with Crippen LogP contribution in [-0.2, 0) is 0 Å². The zero-order valence-corrected chi connectivity index (χ0v) is 16.2. The smallest absolute Gasteiger partial charge is 0.133 e. The Bertz CT molecular complexity index is 1020. The standard InChI is InChI=1S/C20H16Cl2FN3O/c1-11-20-24-8-3-9-26(20)16-7-5-14(21)18(22)17(16)19(25-11)13-10-12(27-2)4-6-15(13)23/h3-8,10-11H,9H2,1-2H3. The fourth-order valence-corrected chi connectivity index (χ4v) is 3.73. The summed E-state index contributed by atoms with van der Waals surface area (Å²) in [6.07, 6.45) is 3.70. The Kier molecular flexibility index (Phi) is 4.66. The number of benzene rings is 2. The molecule has 7 heteroatoms. The maximum atomic E-state index is 14.8. The van der Waals surface area contributed by atoms with Crippen LogP contribution < -0.4 is 9.64 Å². The van der Waals surface area contributed by atoms with Crippen LogP contribution in [0.1, 0.15) is 18.1 Å². The molecule has 0 saturated carbocycles. The molecule has 27 heavy (non-hydrogen) atoms. The molecule has 4 nitrogen and oxygen atoms in total. The molecular formula is C20H16Cl2FN3O. The van der Waals surface area contributed by atoms with Crippen molar-refractivity contribution >= 4 is 40.4 Å². The summed E-state index contributed by atoms with van der Waals surface area (Å²) in [6, 6.07) is 7.84. The molecule has 0 saturated heterocycles. The lowest BCUT2D eigenvalue weighted by Gasteiger charge is -2.28. The van der Waals surface area contributed by atoms with Gasteiger partial charge in [0.2, 0.25) is 0 Å². The average Bonchev–Trinajstić information content (AvgIpc) is 2.81. The van der Waals surface area contributed by atoms with E-state index in [2.05, 4.69) is 4.99 Å². The summed E-state index contributed by atoms with van der Waals surface area (Å²) in [5.74, 6) is 0.890. The highest BCUT2D eigenvalue weighted by atomic mass is 35.5. The Morgan fingerprint density at radius 3 is 2.81 bits per heavy atom. The van der Waals surface area contributed by atoms with Crippen molar-refractivity contribution in [2.75, 3.05) is 18.6 Å². The Morgan fingerprint density at radius 1 is 1.22 bits per heavy atom. The molecule has 0 spiro atoms. The molecule has 2 heterocycles. The van der Waals surface area contributed by atoms with Gasteiger partial charge in [-0.2, -0.15) is 0 Å². The van der Waals surface area contributed by atoms with Gasteiger partial charge in [0.05, 0.1) is 28.6 Å². The molecule has 1 atom stereocenters. The third-order valence-electron chi connectivity index (χ3n) is 4.60.